The van der Waals surface area contributed by atoms with Crippen LogP contribution in [-0.2, 0) is 11.2 Å². The number of pyridine rings is 1. The standard InChI is InChI=1S/C13H17N5O/c14-6-7-15-12-2-1-3-13-16-11(17-18(12)13)8-10(19)9-4-5-9/h1-3,9,15H,4-8,14H2. The molecular weight excluding hydrogens is 242 g/mol. The van der Waals surface area contributed by atoms with Gasteiger partial charge in [0.2, 0.25) is 0 Å². The van der Waals surface area contributed by atoms with Gasteiger partial charge < -0.3 is 11.1 Å². The predicted octanol–water partition coefficient (Wildman–Crippen LogP) is 0.621. The molecule has 19 heavy (non-hydrogen) atoms. The third-order valence-corrected chi connectivity index (χ3v) is 3.22. The summed E-state index contributed by atoms with van der Waals surface area (Å²) in [6.07, 6.45) is 2.38. The Balaban J connectivity index is 1.84. The van der Waals surface area contributed by atoms with E-state index in [2.05, 4.69) is 15.4 Å². The molecule has 3 rings (SSSR count). The van der Waals surface area contributed by atoms with Crippen molar-refractivity contribution in [3.63, 3.8) is 0 Å². The van der Waals surface area contributed by atoms with Crippen LogP contribution in [0.1, 0.15) is 18.7 Å². The maximum atomic E-state index is 11.8. The normalized spacial score (nSPS) is 14.8. The molecule has 0 unspecified atom stereocenters. The zero-order valence-electron chi connectivity index (χ0n) is 10.7. The van der Waals surface area contributed by atoms with E-state index in [9.17, 15) is 4.79 Å². The highest BCUT2D eigenvalue weighted by Gasteiger charge is 2.30. The van der Waals surface area contributed by atoms with Crippen LogP contribution in [0.4, 0.5) is 5.82 Å². The molecule has 0 spiro atoms. The number of nitrogens with one attached hydrogen (secondary N) is 1. The second-order valence-corrected chi connectivity index (χ2v) is 4.84. The van der Waals surface area contributed by atoms with E-state index in [4.69, 9.17) is 5.73 Å². The Morgan fingerprint density at radius 2 is 2.32 bits per heavy atom. The second kappa shape index (κ2) is 4.97. The smallest absolute Gasteiger partial charge is 0.159 e. The summed E-state index contributed by atoms with van der Waals surface area (Å²) in [5, 5.41) is 7.59. The summed E-state index contributed by atoms with van der Waals surface area (Å²) in [5.74, 6) is 1.95. The summed E-state index contributed by atoms with van der Waals surface area (Å²) in [5.41, 5.74) is 6.23. The summed E-state index contributed by atoms with van der Waals surface area (Å²) >= 11 is 0. The summed E-state index contributed by atoms with van der Waals surface area (Å²) in [6.45, 7) is 1.23. The van der Waals surface area contributed by atoms with E-state index in [1.807, 2.05) is 18.2 Å². The maximum absolute atomic E-state index is 11.8. The second-order valence-electron chi connectivity index (χ2n) is 4.84. The van der Waals surface area contributed by atoms with E-state index in [0.29, 0.717) is 25.3 Å². The van der Waals surface area contributed by atoms with Crippen LogP contribution < -0.4 is 11.1 Å². The Labute approximate surface area is 111 Å². The van der Waals surface area contributed by atoms with Crippen molar-refractivity contribution in [2.24, 2.45) is 11.7 Å². The molecule has 3 N–H and O–H groups in total. The SMILES string of the molecule is NCCNc1cccc2nc(CC(=O)C3CC3)nn12. The fourth-order valence-electron chi connectivity index (χ4n) is 2.06. The van der Waals surface area contributed by atoms with Gasteiger partial charge in [0.05, 0.1) is 6.42 Å². The number of aromatic nitrogens is 3. The van der Waals surface area contributed by atoms with E-state index in [-0.39, 0.29) is 11.7 Å². The molecule has 100 valence electrons. The number of anilines is 1. The van der Waals surface area contributed by atoms with Crippen molar-refractivity contribution >= 4 is 17.2 Å². The van der Waals surface area contributed by atoms with E-state index < -0.39 is 0 Å². The Hall–Kier alpha value is -1.95. The van der Waals surface area contributed by atoms with Gasteiger partial charge in [-0.3, -0.25) is 4.79 Å². The Kier molecular flexibility index (Phi) is 3.16. The lowest BCUT2D eigenvalue weighted by Gasteiger charge is -2.05. The number of hydrogen-bond acceptors (Lipinski definition) is 5. The highest BCUT2D eigenvalue weighted by molar-refractivity contribution is 5.84. The molecular formula is C13H17N5O. The van der Waals surface area contributed by atoms with Gasteiger partial charge in [-0.1, -0.05) is 6.07 Å². The number of carbonyl (C=O) groups excluding carboxylic acids is 1. The van der Waals surface area contributed by atoms with Crippen LogP contribution >= 0.6 is 0 Å². The van der Waals surface area contributed by atoms with Crippen molar-refractivity contribution in [1.29, 1.82) is 0 Å². The average Bonchev–Trinajstić information content (AvgIpc) is 3.17. The quantitative estimate of drug-likeness (QED) is 0.794. The number of fused-ring (bicyclic) bond motifs is 1. The van der Waals surface area contributed by atoms with E-state index in [1.165, 1.54) is 0 Å². The molecule has 1 aliphatic carbocycles. The zero-order chi connectivity index (χ0) is 13.2. The van der Waals surface area contributed by atoms with Crippen LogP contribution in [0, 0.1) is 5.92 Å². The summed E-state index contributed by atoms with van der Waals surface area (Å²) in [4.78, 5) is 16.2. The van der Waals surface area contributed by atoms with Gasteiger partial charge in [0.1, 0.15) is 11.6 Å². The molecule has 1 fully saturated rings. The average molecular weight is 259 g/mol. The Morgan fingerprint density at radius 1 is 1.47 bits per heavy atom. The van der Waals surface area contributed by atoms with Crippen LogP contribution in [0.3, 0.4) is 0 Å². The number of nitrogens with two attached hydrogens (primary N) is 1. The molecule has 0 amide bonds. The predicted molar refractivity (Wildman–Crippen MR) is 72.0 cm³/mol. The Bertz CT molecular complexity index is 602. The van der Waals surface area contributed by atoms with Crippen LogP contribution in [0.5, 0.6) is 0 Å². The fraction of sp³-hybridized carbons (Fsp3) is 0.462. The van der Waals surface area contributed by atoms with Gasteiger partial charge in [-0.15, -0.1) is 5.10 Å². The third kappa shape index (κ3) is 2.58. The van der Waals surface area contributed by atoms with Gasteiger partial charge >= 0.3 is 0 Å². The summed E-state index contributed by atoms with van der Waals surface area (Å²) in [6, 6.07) is 5.71. The van der Waals surface area contributed by atoms with E-state index in [0.717, 1.165) is 24.3 Å². The molecule has 2 aromatic heterocycles. The molecule has 0 atom stereocenters. The molecule has 0 aromatic carbocycles. The van der Waals surface area contributed by atoms with E-state index >= 15 is 0 Å². The molecule has 0 saturated heterocycles. The van der Waals surface area contributed by atoms with Crippen molar-refractivity contribution in [2.45, 2.75) is 19.3 Å². The first-order valence-corrected chi connectivity index (χ1v) is 6.59. The lowest BCUT2D eigenvalue weighted by atomic mass is 10.2. The van der Waals surface area contributed by atoms with Gasteiger partial charge in [0.15, 0.2) is 11.5 Å². The largest absolute Gasteiger partial charge is 0.369 e. The maximum Gasteiger partial charge on any atom is 0.159 e. The van der Waals surface area contributed by atoms with Gasteiger partial charge in [-0.25, -0.2) is 4.98 Å². The number of rotatable bonds is 6. The highest BCUT2D eigenvalue weighted by atomic mass is 16.1. The minimum atomic E-state index is 0.251. The van der Waals surface area contributed by atoms with Crippen LogP contribution in [0.25, 0.3) is 5.65 Å². The number of Topliss-reactive ketones (excluding diaryl/α,β-unsaturated/α-hetero) is 1. The topological polar surface area (TPSA) is 85.3 Å². The molecule has 0 bridgehead atoms. The molecule has 6 heteroatoms. The molecule has 0 aliphatic heterocycles. The molecule has 1 aliphatic rings. The van der Waals surface area contributed by atoms with Crippen molar-refractivity contribution in [3.05, 3.63) is 24.0 Å². The number of ketones is 1. The van der Waals surface area contributed by atoms with Crippen molar-refractivity contribution in [3.8, 4) is 0 Å². The van der Waals surface area contributed by atoms with E-state index in [1.54, 1.807) is 4.52 Å². The molecule has 2 heterocycles. The first kappa shape index (κ1) is 12.1. The van der Waals surface area contributed by atoms with Gasteiger partial charge in [0.25, 0.3) is 0 Å². The Morgan fingerprint density at radius 3 is 3.05 bits per heavy atom. The zero-order valence-corrected chi connectivity index (χ0v) is 10.7. The lowest BCUT2D eigenvalue weighted by molar-refractivity contribution is -0.119. The number of hydrogen-bond donors (Lipinski definition) is 2. The first-order chi connectivity index (χ1) is 9.28. The van der Waals surface area contributed by atoms with Crippen LogP contribution in [0.15, 0.2) is 18.2 Å². The fourth-order valence-corrected chi connectivity index (χ4v) is 2.06. The molecule has 0 radical (unpaired) electrons. The monoisotopic (exact) mass is 259 g/mol. The molecule has 1 saturated carbocycles. The van der Waals surface area contributed by atoms with Crippen molar-refractivity contribution in [2.75, 3.05) is 18.4 Å². The van der Waals surface area contributed by atoms with Gasteiger partial charge in [0, 0.05) is 19.0 Å². The number of carbonyl (C=O) groups is 1. The lowest BCUT2D eigenvalue weighted by Crippen LogP contribution is -2.15. The van der Waals surface area contributed by atoms with Gasteiger partial charge in [-0.05, 0) is 25.0 Å². The minimum Gasteiger partial charge on any atom is -0.369 e. The first-order valence-electron chi connectivity index (χ1n) is 6.59. The van der Waals surface area contributed by atoms with Crippen LogP contribution in [0.2, 0.25) is 0 Å². The molecule has 2 aromatic rings. The van der Waals surface area contributed by atoms with Crippen LogP contribution in [-0.4, -0.2) is 33.5 Å². The summed E-state index contributed by atoms with van der Waals surface area (Å²) in [7, 11) is 0. The number of nitrogens with zero attached hydrogens (tertiary/aromatic N) is 3. The summed E-state index contributed by atoms with van der Waals surface area (Å²) < 4.78 is 1.73. The third-order valence-electron chi connectivity index (χ3n) is 3.22. The van der Waals surface area contributed by atoms with Crippen molar-refractivity contribution < 1.29 is 4.79 Å². The van der Waals surface area contributed by atoms with Crippen molar-refractivity contribution in [1.82, 2.24) is 14.6 Å². The molecule has 6 nitrogen and oxygen atoms in total. The van der Waals surface area contributed by atoms with Gasteiger partial charge in [-0.2, -0.15) is 4.52 Å². The highest BCUT2D eigenvalue weighted by Crippen LogP contribution is 2.30. The minimum absolute atomic E-state index is 0.251.